The summed E-state index contributed by atoms with van der Waals surface area (Å²) in [5, 5.41) is 5.73. The largest absolute Gasteiger partial charge is 0.494 e. The molecule has 2 N–H and O–H groups in total. The first-order valence-electron chi connectivity index (χ1n) is 12.1. The molecule has 2 aliphatic rings. The van der Waals surface area contributed by atoms with Gasteiger partial charge in [-0.2, -0.15) is 0 Å². The minimum Gasteiger partial charge on any atom is -0.494 e. The van der Waals surface area contributed by atoms with Gasteiger partial charge >= 0.3 is 0 Å². The first-order chi connectivity index (χ1) is 18.0. The van der Waals surface area contributed by atoms with E-state index in [1.807, 2.05) is 31.2 Å². The van der Waals surface area contributed by atoms with E-state index in [0.717, 1.165) is 11.3 Å². The van der Waals surface area contributed by atoms with Crippen LogP contribution in [0.5, 0.6) is 17.2 Å². The highest BCUT2D eigenvalue weighted by molar-refractivity contribution is 6.07. The molecule has 0 aliphatic carbocycles. The summed E-state index contributed by atoms with van der Waals surface area (Å²) in [6, 6.07) is 19.5. The van der Waals surface area contributed by atoms with Crippen LogP contribution in [0.25, 0.3) is 0 Å². The number of anilines is 2. The predicted molar refractivity (Wildman–Crippen MR) is 137 cm³/mol. The molecule has 9 nitrogen and oxygen atoms in total. The summed E-state index contributed by atoms with van der Waals surface area (Å²) in [5.41, 5.74) is 2.30. The molecule has 0 unspecified atom stereocenters. The second-order valence-electron chi connectivity index (χ2n) is 8.74. The molecule has 1 saturated heterocycles. The van der Waals surface area contributed by atoms with E-state index >= 15 is 0 Å². The van der Waals surface area contributed by atoms with Crippen molar-refractivity contribution in [3.63, 3.8) is 0 Å². The summed E-state index contributed by atoms with van der Waals surface area (Å²) in [7, 11) is 0. The third-order valence-corrected chi connectivity index (χ3v) is 6.27. The van der Waals surface area contributed by atoms with Crippen LogP contribution in [-0.2, 0) is 16.1 Å². The van der Waals surface area contributed by atoms with Crippen LogP contribution in [0.2, 0.25) is 0 Å². The number of carbonyl (C=O) groups excluding carboxylic acids is 3. The zero-order valence-corrected chi connectivity index (χ0v) is 20.4. The number of carbonyl (C=O) groups is 3. The average molecular weight is 502 g/mol. The van der Waals surface area contributed by atoms with Gasteiger partial charge in [-0.3, -0.25) is 14.4 Å². The SMILES string of the molecule is CCOc1ccc(N2C[C@@H](C(=O)Nc3ccccc3C(=O)NCc3ccc4c(c3)OCO4)CC2=O)cc1. The van der Waals surface area contributed by atoms with Crippen molar-refractivity contribution in [2.24, 2.45) is 5.92 Å². The van der Waals surface area contributed by atoms with Crippen LogP contribution in [0.15, 0.2) is 66.7 Å². The van der Waals surface area contributed by atoms with Crippen LogP contribution in [0.4, 0.5) is 11.4 Å². The number of para-hydroxylation sites is 1. The zero-order valence-electron chi connectivity index (χ0n) is 20.4. The van der Waals surface area contributed by atoms with Gasteiger partial charge in [0.05, 0.1) is 23.8 Å². The van der Waals surface area contributed by atoms with Crippen molar-refractivity contribution in [3.8, 4) is 17.2 Å². The molecular weight excluding hydrogens is 474 g/mol. The fourth-order valence-corrected chi connectivity index (χ4v) is 4.38. The summed E-state index contributed by atoms with van der Waals surface area (Å²) >= 11 is 0. The van der Waals surface area contributed by atoms with Gasteiger partial charge in [-0.15, -0.1) is 0 Å². The van der Waals surface area contributed by atoms with Gasteiger partial charge in [-0.1, -0.05) is 18.2 Å². The molecule has 37 heavy (non-hydrogen) atoms. The molecule has 1 fully saturated rings. The van der Waals surface area contributed by atoms with Crippen molar-refractivity contribution in [2.75, 3.05) is 30.2 Å². The Balaban J connectivity index is 1.21. The van der Waals surface area contributed by atoms with E-state index in [2.05, 4.69) is 10.6 Å². The molecule has 3 aromatic rings. The van der Waals surface area contributed by atoms with Crippen LogP contribution < -0.4 is 29.7 Å². The average Bonchev–Trinajstić information content (AvgIpc) is 3.54. The molecule has 0 radical (unpaired) electrons. The Morgan fingerprint density at radius 2 is 1.81 bits per heavy atom. The molecule has 0 spiro atoms. The van der Waals surface area contributed by atoms with Crippen molar-refractivity contribution >= 4 is 29.1 Å². The number of fused-ring (bicyclic) bond motifs is 1. The highest BCUT2D eigenvalue weighted by atomic mass is 16.7. The van der Waals surface area contributed by atoms with Crippen molar-refractivity contribution in [3.05, 3.63) is 77.9 Å². The number of amides is 3. The van der Waals surface area contributed by atoms with Crippen LogP contribution in [0, 0.1) is 5.92 Å². The second kappa shape index (κ2) is 10.6. The minimum absolute atomic E-state index is 0.0948. The van der Waals surface area contributed by atoms with Crippen LogP contribution >= 0.6 is 0 Å². The zero-order chi connectivity index (χ0) is 25.8. The smallest absolute Gasteiger partial charge is 0.253 e. The minimum atomic E-state index is -0.538. The third kappa shape index (κ3) is 5.35. The Morgan fingerprint density at radius 1 is 1.03 bits per heavy atom. The summed E-state index contributed by atoms with van der Waals surface area (Å²) in [5.74, 6) is 0.743. The third-order valence-electron chi connectivity index (χ3n) is 6.27. The summed E-state index contributed by atoms with van der Waals surface area (Å²) in [6.07, 6.45) is 0.0948. The lowest BCUT2D eigenvalue weighted by molar-refractivity contribution is -0.122. The van der Waals surface area contributed by atoms with Crippen LogP contribution in [0.3, 0.4) is 0 Å². The maximum absolute atomic E-state index is 13.1. The van der Waals surface area contributed by atoms with Crippen molar-refractivity contribution < 1.29 is 28.6 Å². The maximum Gasteiger partial charge on any atom is 0.253 e. The van der Waals surface area contributed by atoms with Crippen molar-refractivity contribution in [2.45, 2.75) is 19.9 Å². The van der Waals surface area contributed by atoms with Gasteiger partial charge in [-0.05, 0) is 61.0 Å². The molecule has 3 amide bonds. The summed E-state index contributed by atoms with van der Waals surface area (Å²) in [4.78, 5) is 40.3. The second-order valence-corrected chi connectivity index (χ2v) is 8.74. The molecule has 190 valence electrons. The van der Waals surface area contributed by atoms with Gasteiger partial charge in [-0.25, -0.2) is 0 Å². The van der Waals surface area contributed by atoms with E-state index in [4.69, 9.17) is 14.2 Å². The van der Waals surface area contributed by atoms with Gasteiger partial charge < -0.3 is 29.7 Å². The Labute approximate surface area is 214 Å². The summed E-state index contributed by atoms with van der Waals surface area (Å²) < 4.78 is 16.2. The molecular formula is C28H27N3O6. The molecule has 1 atom stereocenters. The number of rotatable bonds is 8. The number of nitrogens with one attached hydrogen (secondary N) is 2. The number of hydrogen-bond acceptors (Lipinski definition) is 6. The molecule has 9 heteroatoms. The van der Waals surface area contributed by atoms with E-state index in [1.165, 1.54) is 0 Å². The highest BCUT2D eigenvalue weighted by Crippen LogP contribution is 2.32. The molecule has 0 aromatic heterocycles. The fraction of sp³-hybridized carbons (Fsp3) is 0.250. The molecule has 2 heterocycles. The fourth-order valence-electron chi connectivity index (χ4n) is 4.38. The number of ether oxygens (including phenoxy) is 3. The lowest BCUT2D eigenvalue weighted by Gasteiger charge is -2.17. The Morgan fingerprint density at radius 3 is 2.62 bits per heavy atom. The lowest BCUT2D eigenvalue weighted by atomic mass is 10.1. The van der Waals surface area contributed by atoms with Crippen molar-refractivity contribution in [1.82, 2.24) is 5.32 Å². The van der Waals surface area contributed by atoms with Crippen LogP contribution in [0.1, 0.15) is 29.3 Å². The molecule has 2 aliphatic heterocycles. The molecule has 0 bridgehead atoms. The van der Waals surface area contributed by atoms with Gasteiger partial charge in [0.2, 0.25) is 18.6 Å². The van der Waals surface area contributed by atoms with Gasteiger partial charge in [0.1, 0.15) is 5.75 Å². The molecule has 5 rings (SSSR count). The molecule has 0 saturated carbocycles. The van der Waals surface area contributed by atoms with Crippen LogP contribution in [-0.4, -0.2) is 37.7 Å². The first kappa shape index (κ1) is 24.2. The quantitative estimate of drug-likeness (QED) is 0.487. The lowest BCUT2D eigenvalue weighted by Crippen LogP contribution is -2.29. The number of nitrogens with zero attached hydrogens (tertiary/aromatic N) is 1. The standard InChI is InChI=1S/C28H27N3O6/c1-2-35-21-10-8-20(9-11-21)31-16-19(14-26(31)32)27(33)30-23-6-4-3-5-22(23)28(34)29-15-18-7-12-24-25(13-18)37-17-36-24/h3-13,19H,2,14-17H2,1H3,(H,29,34)(H,30,33)/t19-/m0/s1. The Bertz CT molecular complexity index is 1320. The monoisotopic (exact) mass is 501 g/mol. The Kier molecular flexibility index (Phi) is 6.93. The van der Waals surface area contributed by atoms with Gasteiger partial charge in [0.25, 0.3) is 5.91 Å². The maximum atomic E-state index is 13.1. The van der Waals surface area contributed by atoms with E-state index < -0.39 is 5.92 Å². The number of benzene rings is 3. The molecule has 3 aromatic carbocycles. The van der Waals surface area contributed by atoms with E-state index in [0.29, 0.717) is 35.0 Å². The van der Waals surface area contributed by atoms with E-state index in [-0.39, 0.29) is 44.0 Å². The van der Waals surface area contributed by atoms with Gasteiger partial charge in [0, 0.05) is 25.2 Å². The highest BCUT2D eigenvalue weighted by Gasteiger charge is 2.35. The van der Waals surface area contributed by atoms with Crippen molar-refractivity contribution in [1.29, 1.82) is 0 Å². The van der Waals surface area contributed by atoms with E-state index in [1.54, 1.807) is 47.4 Å². The summed E-state index contributed by atoms with van der Waals surface area (Å²) in [6.45, 7) is 3.19. The topological polar surface area (TPSA) is 106 Å². The number of hydrogen-bond donors (Lipinski definition) is 2. The van der Waals surface area contributed by atoms with E-state index in [9.17, 15) is 14.4 Å². The first-order valence-corrected chi connectivity index (χ1v) is 12.1. The Hall–Kier alpha value is -4.53. The predicted octanol–water partition coefficient (Wildman–Crippen LogP) is 3.74. The normalized spacial score (nSPS) is 16.0. The van der Waals surface area contributed by atoms with Gasteiger partial charge in [0.15, 0.2) is 11.5 Å².